The third-order valence-electron chi connectivity index (χ3n) is 6.18. The second kappa shape index (κ2) is 9.28. The molecule has 0 saturated heterocycles. The first-order chi connectivity index (χ1) is 18.3. The molecule has 1 atom stereocenters. The van der Waals surface area contributed by atoms with Crippen molar-refractivity contribution in [1.82, 2.24) is 19.8 Å². The predicted molar refractivity (Wildman–Crippen MR) is 135 cm³/mol. The lowest BCUT2D eigenvalue weighted by atomic mass is 10.0. The number of nitrogens with zero attached hydrogens (tertiary/aromatic N) is 6. The van der Waals surface area contributed by atoms with E-state index in [4.69, 9.17) is 0 Å². The number of amidine groups is 1. The highest BCUT2D eigenvalue weighted by atomic mass is 32.2. The average molecular weight is 540 g/mol. The first kappa shape index (κ1) is 24.2. The van der Waals surface area contributed by atoms with Gasteiger partial charge in [-0.1, -0.05) is 35.4 Å². The molecule has 4 aromatic rings. The van der Waals surface area contributed by atoms with Crippen LogP contribution in [0.1, 0.15) is 24.1 Å². The molecular weight excluding hydrogens is 520 g/mol. The van der Waals surface area contributed by atoms with Gasteiger partial charge < -0.3 is 4.74 Å². The van der Waals surface area contributed by atoms with Gasteiger partial charge in [-0.2, -0.15) is 0 Å². The van der Waals surface area contributed by atoms with Crippen LogP contribution in [0.2, 0.25) is 0 Å². The topological polar surface area (TPSA) is 58.5 Å². The summed E-state index contributed by atoms with van der Waals surface area (Å²) in [6.45, 7) is 1.93. The SMILES string of the molecule is CC1c2c(F)cccc2[N+]2=C(SC2)N1N=Cc1ccc(-c2ncn(-c3ccc(OC(F)(F)F)cc3)n2)cc1. The molecule has 2 aliphatic rings. The van der Waals surface area contributed by atoms with Crippen LogP contribution in [0, 0.1) is 5.82 Å². The monoisotopic (exact) mass is 539 g/mol. The number of hydrogen-bond donors (Lipinski definition) is 0. The maximum Gasteiger partial charge on any atom is 0.573 e. The van der Waals surface area contributed by atoms with Crippen LogP contribution in [0.25, 0.3) is 17.1 Å². The minimum Gasteiger partial charge on any atom is -0.406 e. The van der Waals surface area contributed by atoms with Gasteiger partial charge in [-0.25, -0.2) is 18.6 Å². The molecule has 0 radical (unpaired) electrons. The molecule has 2 aliphatic heterocycles. The molecule has 3 aromatic carbocycles. The number of fused-ring (bicyclic) bond motifs is 2. The Hall–Kier alpha value is -4.19. The molecule has 38 heavy (non-hydrogen) atoms. The first-order valence-corrected chi connectivity index (χ1v) is 12.5. The lowest BCUT2D eigenvalue weighted by Crippen LogP contribution is -2.43. The highest BCUT2D eigenvalue weighted by Gasteiger charge is 2.45. The van der Waals surface area contributed by atoms with E-state index in [2.05, 4.69) is 24.5 Å². The number of hydrazone groups is 1. The molecule has 192 valence electrons. The van der Waals surface area contributed by atoms with Crippen LogP contribution in [-0.4, -0.2) is 48.0 Å². The summed E-state index contributed by atoms with van der Waals surface area (Å²) in [5.41, 5.74) is 3.66. The summed E-state index contributed by atoms with van der Waals surface area (Å²) in [6, 6.07) is 17.7. The number of ether oxygens (including phenoxy) is 1. The summed E-state index contributed by atoms with van der Waals surface area (Å²) in [7, 11) is 0. The van der Waals surface area contributed by atoms with Crippen LogP contribution in [0.5, 0.6) is 5.75 Å². The Morgan fingerprint density at radius 3 is 2.53 bits per heavy atom. The fourth-order valence-electron chi connectivity index (χ4n) is 4.33. The maximum atomic E-state index is 14.6. The number of halogens is 4. The molecule has 7 nitrogen and oxygen atoms in total. The molecule has 12 heteroatoms. The average Bonchev–Trinajstić information content (AvgIpc) is 3.35. The van der Waals surface area contributed by atoms with Crippen LogP contribution in [0.3, 0.4) is 0 Å². The Bertz CT molecular complexity index is 1560. The number of rotatable bonds is 5. The summed E-state index contributed by atoms with van der Waals surface area (Å²) >= 11 is 1.67. The number of aromatic nitrogens is 3. The van der Waals surface area contributed by atoms with E-state index in [9.17, 15) is 17.6 Å². The van der Waals surface area contributed by atoms with E-state index in [1.54, 1.807) is 24.0 Å². The molecule has 0 spiro atoms. The standard InChI is InChI=1S/C26H19F4N6OS/c1-16-23-21(27)3-2-4-22(23)34-15-38-25(34)36(16)32-13-17-5-7-18(8-6-17)24-31-14-35(33-24)19-9-11-20(12-10-19)37-26(28,29)30/h2-14,16H,15H2,1H3/q+1. The molecule has 3 heterocycles. The number of benzene rings is 3. The Kier molecular flexibility index (Phi) is 5.90. The largest absolute Gasteiger partial charge is 0.573 e. The highest BCUT2D eigenvalue weighted by Crippen LogP contribution is 2.42. The van der Waals surface area contributed by atoms with Gasteiger partial charge in [0, 0.05) is 17.3 Å². The van der Waals surface area contributed by atoms with Crippen LogP contribution >= 0.6 is 11.8 Å². The fourth-order valence-corrected chi connectivity index (χ4v) is 5.28. The van der Waals surface area contributed by atoms with Crippen molar-refractivity contribution in [3.63, 3.8) is 0 Å². The van der Waals surface area contributed by atoms with Gasteiger partial charge in [0.1, 0.15) is 29.5 Å². The Morgan fingerprint density at radius 2 is 1.84 bits per heavy atom. The third kappa shape index (κ3) is 4.51. The lowest BCUT2D eigenvalue weighted by molar-refractivity contribution is -0.434. The smallest absolute Gasteiger partial charge is 0.406 e. The van der Waals surface area contributed by atoms with E-state index in [0.717, 1.165) is 27.9 Å². The normalized spacial score (nSPS) is 16.9. The van der Waals surface area contributed by atoms with Crippen molar-refractivity contribution in [1.29, 1.82) is 0 Å². The van der Waals surface area contributed by atoms with Gasteiger partial charge in [0.05, 0.1) is 17.5 Å². The summed E-state index contributed by atoms with van der Waals surface area (Å²) < 4.78 is 59.1. The van der Waals surface area contributed by atoms with Gasteiger partial charge in [0.25, 0.3) is 0 Å². The summed E-state index contributed by atoms with van der Waals surface area (Å²) in [5, 5.41) is 11.9. The van der Waals surface area contributed by atoms with E-state index in [0.29, 0.717) is 17.1 Å². The van der Waals surface area contributed by atoms with Crippen molar-refractivity contribution in [2.75, 3.05) is 5.88 Å². The Labute approximate surface area is 218 Å². The summed E-state index contributed by atoms with van der Waals surface area (Å²) in [5.74, 6) is 0.657. The highest BCUT2D eigenvalue weighted by molar-refractivity contribution is 8.14. The Morgan fingerprint density at radius 1 is 1.08 bits per heavy atom. The minimum absolute atomic E-state index is 0.243. The maximum absolute atomic E-state index is 14.6. The van der Waals surface area contributed by atoms with Crippen LogP contribution in [0.15, 0.2) is 78.2 Å². The second-order valence-corrected chi connectivity index (χ2v) is 9.51. The van der Waals surface area contributed by atoms with Crippen LogP contribution < -0.4 is 4.74 Å². The molecule has 0 saturated carbocycles. The number of alkyl halides is 3. The lowest BCUT2D eigenvalue weighted by Gasteiger charge is -2.33. The van der Waals surface area contributed by atoms with E-state index < -0.39 is 6.36 Å². The van der Waals surface area contributed by atoms with Gasteiger partial charge >= 0.3 is 11.5 Å². The second-order valence-electron chi connectivity index (χ2n) is 8.60. The van der Waals surface area contributed by atoms with E-state index in [-0.39, 0.29) is 17.6 Å². The van der Waals surface area contributed by atoms with E-state index in [1.807, 2.05) is 42.3 Å². The van der Waals surface area contributed by atoms with Gasteiger partial charge in [0.2, 0.25) is 0 Å². The predicted octanol–water partition coefficient (Wildman–Crippen LogP) is 6.09. The quantitative estimate of drug-likeness (QED) is 0.175. The van der Waals surface area contributed by atoms with Gasteiger partial charge in [-0.15, -0.1) is 23.3 Å². The third-order valence-corrected chi connectivity index (χ3v) is 7.23. The van der Waals surface area contributed by atoms with E-state index in [1.165, 1.54) is 41.3 Å². The van der Waals surface area contributed by atoms with Gasteiger partial charge in [0.15, 0.2) is 11.9 Å². The summed E-state index contributed by atoms with van der Waals surface area (Å²) in [4.78, 5) is 4.31. The zero-order chi connectivity index (χ0) is 26.4. The van der Waals surface area contributed by atoms with Gasteiger partial charge in [-0.3, -0.25) is 0 Å². The van der Waals surface area contributed by atoms with Crippen LogP contribution in [0.4, 0.5) is 23.2 Å². The van der Waals surface area contributed by atoms with Crippen molar-refractivity contribution >= 4 is 28.8 Å². The first-order valence-electron chi connectivity index (χ1n) is 11.5. The molecule has 0 N–H and O–H groups in total. The molecule has 0 fully saturated rings. The van der Waals surface area contributed by atoms with Crippen molar-refractivity contribution < 1.29 is 26.9 Å². The summed E-state index contributed by atoms with van der Waals surface area (Å²) in [6.07, 6.45) is -1.53. The molecule has 0 bridgehead atoms. The molecule has 1 unspecified atom stereocenters. The van der Waals surface area contributed by atoms with Crippen molar-refractivity contribution in [3.05, 3.63) is 90.0 Å². The fraction of sp³-hybridized carbons (Fsp3) is 0.154. The minimum atomic E-state index is -4.75. The molecule has 0 aliphatic carbocycles. The van der Waals surface area contributed by atoms with Crippen molar-refractivity contribution in [3.8, 4) is 22.8 Å². The molecule has 0 amide bonds. The molecule has 1 aromatic heterocycles. The number of thioether (sulfide) groups is 1. The van der Waals surface area contributed by atoms with Crippen molar-refractivity contribution in [2.24, 2.45) is 5.10 Å². The molecule has 6 rings (SSSR count). The van der Waals surface area contributed by atoms with E-state index >= 15 is 0 Å². The zero-order valence-electron chi connectivity index (χ0n) is 19.8. The Balaban J connectivity index is 1.17. The van der Waals surface area contributed by atoms with Gasteiger partial charge in [-0.05, 0) is 48.9 Å². The number of hydrogen-bond acceptors (Lipinski definition) is 6. The molecular formula is C26H19F4N6OS+. The van der Waals surface area contributed by atoms with Crippen molar-refractivity contribution in [2.45, 2.75) is 19.3 Å². The van der Waals surface area contributed by atoms with Crippen LogP contribution in [-0.2, 0) is 0 Å². The zero-order valence-corrected chi connectivity index (χ0v) is 20.6.